The van der Waals surface area contributed by atoms with Crippen molar-refractivity contribution in [3.63, 3.8) is 0 Å². The Morgan fingerprint density at radius 3 is 2.33 bits per heavy atom. The first-order chi connectivity index (χ1) is 19.9. The van der Waals surface area contributed by atoms with Gasteiger partial charge < -0.3 is 15.4 Å². The second-order valence-corrected chi connectivity index (χ2v) is 13.5. The minimum absolute atomic E-state index is 0.0166. The van der Waals surface area contributed by atoms with Gasteiger partial charge in [-0.3, -0.25) is 14.3 Å². The van der Waals surface area contributed by atoms with Gasteiger partial charge in [-0.25, -0.2) is 8.42 Å². The molecule has 2 aromatic rings. The summed E-state index contributed by atoms with van der Waals surface area (Å²) >= 11 is 6.55. The molecule has 240 valence electrons. The first-order valence-corrected chi connectivity index (χ1v) is 15.5. The summed E-state index contributed by atoms with van der Waals surface area (Å²) in [5.74, 6) is -1.14. The standard InChI is InChI=1S/C27H34ClF5N4O5S/c1-5-37-22(18-11-8-16(12-19(18)42-24(29)30)13-26(2,3)27(31,32)33)20(28)21(36-37)23(38)35-14-15-6-9-17(10-7-15)43(40,41)25(39)34-4/h8,11-12,15,17,24H,5-7,9-10,13-14H2,1-4H3,(H,34,39)(H,35,38). The summed E-state index contributed by atoms with van der Waals surface area (Å²) in [6, 6.07) is 3.76. The number of alkyl halides is 5. The van der Waals surface area contributed by atoms with E-state index < -0.39 is 56.6 Å². The number of hydrogen-bond acceptors (Lipinski definition) is 6. The highest BCUT2D eigenvalue weighted by Crippen LogP contribution is 2.43. The van der Waals surface area contributed by atoms with Crippen molar-refractivity contribution >= 4 is 32.6 Å². The van der Waals surface area contributed by atoms with Gasteiger partial charge in [-0.2, -0.15) is 27.1 Å². The molecule has 0 radical (unpaired) electrons. The fourth-order valence-electron chi connectivity index (χ4n) is 5.01. The lowest BCUT2D eigenvalue weighted by Crippen LogP contribution is -2.39. The molecule has 1 aromatic carbocycles. The number of nitrogens with zero attached hydrogens (tertiary/aromatic N) is 2. The van der Waals surface area contributed by atoms with E-state index in [4.69, 9.17) is 11.6 Å². The Balaban J connectivity index is 1.81. The maximum atomic E-state index is 13.4. The summed E-state index contributed by atoms with van der Waals surface area (Å²) in [4.78, 5) is 24.8. The van der Waals surface area contributed by atoms with E-state index in [9.17, 15) is 40.0 Å². The number of nitrogens with one attached hydrogen (secondary N) is 2. The number of carbonyl (C=O) groups is 2. The minimum Gasteiger partial charge on any atom is -0.434 e. The molecule has 2 amide bonds. The summed E-state index contributed by atoms with van der Waals surface area (Å²) in [6.07, 6.45) is -3.61. The Hall–Kier alpha value is -2.94. The molecule has 1 saturated carbocycles. The number of carbonyl (C=O) groups excluding carboxylic acids is 2. The van der Waals surface area contributed by atoms with Crippen molar-refractivity contribution in [3.8, 4) is 17.0 Å². The summed E-state index contributed by atoms with van der Waals surface area (Å²) in [7, 11) is -2.70. The molecule has 0 bridgehead atoms. The van der Waals surface area contributed by atoms with Gasteiger partial charge in [0.25, 0.3) is 5.91 Å². The van der Waals surface area contributed by atoms with E-state index in [1.807, 2.05) is 0 Å². The zero-order chi connectivity index (χ0) is 32.3. The molecule has 16 heteroatoms. The van der Waals surface area contributed by atoms with Gasteiger partial charge in [-0.1, -0.05) is 31.5 Å². The lowest BCUT2D eigenvalue weighted by Gasteiger charge is -2.28. The van der Waals surface area contributed by atoms with E-state index in [2.05, 4.69) is 20.5 Å². The third kappa shape index (κ3) is 7.78. The van der Waals surface area contributed by atoms with Crippen LogP contribution in [0.4, 0.5) is 26.7 Å². The summed E-state index contributed by atoms with van der Waals surface area (Å²) in [5.41, 5.74) is -2.13. The minimum atomic E-state index is -4.54. The summed E-state index contributed by atoms with van der Waals surface area (Å²) in [5, 5.41) is 7.11. The van der Waals surface area contributed by atoms with Crippen molar-refractivity contribution in [2.24, 2.45) is 11.3 Å². The first-order valence-electron chi connectivity index (χ1n) is 13.6. The van der Waals surface area contributed by atoms with Gasteiger partial charge in [0.1, 0.15) is 5.75 Å². The van der Waals surface area contributed by atoms with Gasteiger partial charge >= 0.3 is 18.0 Å². The van der Waals surface area contributed by atoms with Crippen LogP contribution in [0.5, 0.6) is 5.75 Å². The van der Waals surface area contributed by atoms with E-state index in [1.165, 1.54) is 23.9 Å². The number of rotatable bonds is 10. The zero-order valence-electron chi connectivity index (χ0n) is 24.0. The van der Waals surface area contributed by atoms with Crippen molar-refractivity contribution in [2.45, 2.75) is 77.5 Å². The molecule has 1 aliphatic rings. The zero-order valence-corrected chi connectivity index (χ0v) is 25.6. The fourth-order valence-corrected chi connectivity index (χ4v) is 6.81. The van der Waals surface area contributed by atoms with Crippen LogP contribution in [0.2, 0.25) is 5.02 Å². The smallest absolute Gasteiger partial charge is 0.394 e. The number of sulfone groups is 1. The van der Waals surface area contributed by atoms with Crippen LogP contribution in [0.1, 0.15) is 62.5 Å². The molecule has 43 heavy (non-hydrogen) atoms. The largest absolute Gasteiger partial charge is 0.434 e. The predicted molar refractivity (Wildman–Crippen MR) is 150 cm³/mol. The maximum absolute atomic E-state index is 13.4. The van der Waals surface area contributed by atoms with Crippen molar-refractivity contribution in [2.75, 3.05) is 13.6 Å². The Kier molecular flexibility index (Phi) is 10.7. The average Bonchev–Trinajstić information content (AvgIpc) is 3.26. The number of hydrogen-bond donors (Lipinski definition) is 2. The van der Waals surface area contributed by atoms with E-state index in [0.717, 1.165) is 19.9 Å². The molecule has 0 atom stereocenters. The number of benzene rings is 1. The van der Waals surface area contributed by atoms with Crippen molar-refractivity contribution < 1.29 is 44.7 Å². The van der Waals surface area contributed by atoms with Gasteiger partial charge in [-0.15, -0.1) is 0 Å². The average molecular weight is 657 g/mol. The molecule has 0 aliphatic heterocycles. The van der Waals surface area contributed by atoms with E-state index in [1.54, 1.807) is 6.92 Å². The van der Waals surface area contributed by atoms with Crippen LogP contribution in [-0.4, -0.2) is 61.0 Å². The van der Waals surface area contributed by atoms with Crippen LogP contribution < -0.4 is 15.4 Å². The molecular formula is C27H34ClF5N4O5S. The maximum Gasteiger partial charge on any atom is 0.394 e. The Labute approximate surface area is 251 Å². The summed E-state index contributed by atoms with van der Waals surface area (Å²) < 4.78 is 97.5. The van der Waals surface area contributed by atoms with Crippen LogP contribution in [0.15, 0.2) is 18.2 Å². The molecule has 1 aromatic heterocycles. The predicted octanol–water partition coefficient (Wildman–Crippen LogP) is 6.00. The van der Waals surface area contributed by atoms with E-state index in [-0.39, 0.29) is 59.4 Å². The highest BCUT2D eigenvalue weighted by atomic mass is 35.5. The third-order valence-electron chi connectivity index (χ3n) is 7.59. The molecular weight excluding hydrogens is 623 g/mol. The number of ether oxygens (including phenoxy) is 1. The quantitative estimate of drug-likeness (QED) is 0.303. The number of amides is 2. The monoisotopic (exact) mass is 656 g/mol. The van der Waals surface area contributed by atoms with Crippen molar-refractivity contribution in [3.05, 3.63) is 34.5 Å². The molecule has 1 heterocycles. The third-order valence-corrected chi connectivity index (χ3v) is 10.0. The van der Waals surface area contributed by atoms with Gasteiger partial charge in [0, 0.05) is 25.7 Å². The topological polar surface area (TPSA) is 119 Å². The molecule has 1 aliphatic carbocycles. The first kappa shape index (κ1) is 34.5. The highest BCUT2D eigenvalue weighted by Gasteiger charge is 2.47. The second kappa shape index (κ2) is 13.4. The van der Waals surface area contributed by atoms with Gasteiger partial charge in [0.2, 0.25) is 9.84 Å². The van der Waals surface area contributed by atoms with Crippen LogP contribution in [0.3, 0.4) is 0 Å². The molecule has 0 unspecified atom stereocenters. The Bertz CT molecular complexity index is 1440. The molecule has 0 saturated heterocycles. The fraction of sp³-hybridized carbons (Fsp3) is 0.593. The molecule has 1 fully saturated rings. The highest BCUT2D eigenvalue weighted by molar-refractivity contribution is 8.06. The van der Waals surface area contributed by atoms with Crippen molar-refractivity contribution in [1.82, 2.24) is 20.4 Å². The van der Waals surface area contributed by atoms with Gasteiger partial charge in [0.05, 0.1) is 21.4 Å². The molecule has 0 spiro atoms. The summed E-state index contributed by atoms with van der Waals surface area (Å²) in [6.45, 7) is 0.740. The molecule has 9 nitrogen and oxygen atoms in total. The van der Waals surface area contributed by atoms with Gasteiger partial charge in [-0.05, 0) is 62.6 Å². The Morgan fingerprint density at radius 1 is 1.16 bits per heavy atom. The number of halogens is 6. The van der Waals surface area contributed by atoms with Crippen LogP contribution in [-0.2, 0) is 22.8 Å². The number of aryl methyl sites for hydroxylation is 1. The van der Waals surface area contributed by atoms with Crippen LogP contribution in [0, 0.1) is 11.3 Å². The lowest BCUT2D eigenvalue weighted by molar-refractivity contribution is -0.211. The van der Waals surface area contributed by atoms with E-state index in [0.29, 0.717) is 12.8 Å². The second-order valence-electron chi connectivity index (χ2n) is 11.0. The van der Waals surface area contributed by atoms with E-state index >= 15 is 0 Å². The normalized spacial score (nSPS) is 18.0. The molecule has 2 N–H and O–H groups in total. The molecule has 3 rings (SSSR count). The van der Waals surface area contributed by atoms with Crippen molar-refractivity contribution in [1.29, 1.82) is 0 Å². The SMILES string of the molecule is CCn1nc(C(=O)NCC2CCC(S(=O)(=O)C(=O)NC)CC2)c(Cl)c1-c1ccc(CC(C)(C)C(F)(F)F)cc1OC(F)F. The Morgan fingerprint density at radius 2 is 1.79 bits per heavy atom. The van der Waals surface area contributed by atoms with Gasteiger partial charge in [0.15, 0.2) is 5.69 Å². The van der Waals surface area contributed by atoms with Crippen LogP contribution >= 0.6 is 11.6 Å². The lowest BCUT2D eigenvalue weighted by atomic mass is 9.84. The number of aromatic nitrogens is 2. The van der Waals surface area contributed by atoms with Crippen LogP contribution in [0.25, 0.3) is 11.3 Å².